The smallest absolute Gasteiger partial charge is 0.408 e. The average Bonchev–Trinajstić information content (AvgIpc) is 2.98. The number of carbonyl (C=O) groups is 3. The minimum absolute atomic E-state index is 0.100. The summed E-state index contributed by atoms with van der Waals surface area (Å²) in [5, 5.41) is 15.8. The van der Waals surface area contributed by atoms with Crippen molar-refractivity contribution in [2.24, 2.45) is 0 Å². The fraction of sp³-hybridized carbons (Fsp3) is 0.447. The van der Waals surface area contributed by atoms with E-state index in [1.54, 1.807) is 49.9 Å². The Kier molecular flexibility index (Phi) is 13.2. The van der Waals surface area contributed by atoms with E-state index in [1.807, 2.05) is 63.2 Å². The number of para-hydroxylation sites is 1. The van der Waals surface area contributed by atoms with Crippen molar-refractivity contribution in [3.8, 4) is 5.75 Å². The third kappa shape index (κ3) is 10.9. The first-order chi connectivity index (χ1) is 21.8. The van der Waals surface area contributed by atoms with Crippen LogP contribution < -0.4 is 10.6 Å². The molecule has 0 aliphatic heterocycles. The third-order valence-electron chi connectivity index (χ3n) is 7.83. The zero-order chi connectivity index (χ0) is 33.9. The van der Waals surface area contributed by atoms with E-state index < -0.39 is 23.8 Å². The molecule has 0 bridgehead atoms. The minimum Gasteiger partial charge on any atom is -0.508 e. The molecule has 3 rings (SSSR count). The van der Waals surface area contributed by atoms with E-state index in [0.717, 1.165) is 53.5 Å². The van der Waals surface area contributed by atoms with Gasteiger partial charge in [0, 0.05) is 18.7 Å². The van der Waals surface area contributed by atoms with Gasteiger partial charge in [-0.3, -0.25) is 9.59 Å². The molecule has 0 saturated heterocycles. The lowest BCUT2D eigenvalue weighted by Gasteiger charge is -2.35. The van der Waals surface area contributed by atoms with E-state index in [4.69, 9.17) is 4.74 Å². The first-order valence-electron chi connectivity index (χ1n) is 16.3. The number of phenolic OH excluding ortho intramolecular Hbond substituents is 1. The van der Waals surface area contributed by atoms with Crippen molar-refractivity contribution in [2.45, 2.75) is 105 Å². The summed E-state index contributed by atoms with van der Waals surface area (Å²) in [6.45, 7) is 13.6. The molecule has 0 aromatic heterocycles. The second-order valence-electron chi connectivity index (χ2n) is 13.1. The van der Waals surface area contributed by atoms with Crippen LogP contribution in [0.4, 0.5) is 10.5 Å². The number of hydrogen-bond donors (Lipinski definition) is 3. The number of nitrogens with zero attached hydrogens (tertiary/aromatic N) is 1. The molecule has 0 saturated carbocycles. The maximum Gasteiger partial charge on any atom is 0.408 e. The van der Waals surface area contributed by atoms with Crippen molar-refractivity contribution in [3.05, 3.63) is 94.5 Å². The van der Waals surface area contributed by atoms with Crippen LogP contribution in [0.15, 0.2) is 66.7 Å². The fourth-order valence-corrected chi connectivity index (χ4v) is 5.47. The number of carbonyl (C=O) groups excluding carboxylic acids is 3. The molecule has 2 unspecified atom stereocenters. The number of nitrogens with one attached hydrogen (secondary N) is 2. The number of phenols is 1. The number of rotatable bonds is 14. The monoisotopic (exact) mass is 629 g/mol. The van der Waals surface area contributed by atoms with Crippen molar-refractivity contribution in [2.75, 3.05) is 11.9 Å². The first kappa shape index (κ1) is 36.1. The molecule has 3 aromatic carbocycles. The zero-order valence-corrected chi connectivity index (χ0v) is 28.5. The van der Waals surface area contributed by atoms with E-state index in [2.05, 4.69) is 17.6 Å². The van der Waals surface area contributed by atoms with E-state index in [-0.39, 0.29) is 24.0 Å². The molecule has 2 atom stereocenters. The van der Waals surface area contributed by atoms with Gasteiger partial charge in [0.2, 0.25) is 5.91 Å². The largest absolute Gasteiger partial charge is 0.508 e. The summed E-state index contributed by atoms with van der Waals surface area (Å²) in [5.41, 5.74) is 4.21. The summed E-state index contributed by atoms with van der Waals surface area (Å²) in [6.07, 6.45) is 4.22. The number of aryl methyl sites for hydroxylation is 3. The fourth-order valence-electron chi connectivity index (χ4n) is 5.47. The van der Waals surface area contributed by atoms with Gasteiger partial charge in [-0.2, -0.15) is 0 Å². The highest BCUT2D eigenvalue weighted by molar-refractivity contribution is 5.99. The molecule has 3 aromatic rings. The molecule has 248 valence electrons. The molecule has 3 amide bonds. The molecule has 0 radical (unpaired) electrons. The number of alkyl carbamates (subject to hydrolysis) is 1. The molecular weight excluding hydrogens is 578 g/mol. The van der Waals surface area contributed by atoms with Gasteiger partial charge < -0.3 is 25.4 Å². The van der Waals surface area contributed by atoms with Crippen molar-refractivity contribution >= 4 is 23.6 Å². The average molecular weight is 630 g/mol. The van der Waals surface area contributed by atoms with E-state index in [9.17, 15) is 19.5 Å². The van der Waals surface area contributed by atoms with E-state index in [0.29, 0.717) is 18.7 Å². The first-order valence-corrected chi connectivity index (χ1v) is 16.3. The lowest BCUT2D eigenvalue weighted by Crippen LogP contribution is -2.53. The van der Waals surface area contributed by atoms with Gasteiger partial charge in [-0.15, -0.1) is 0 Å². The molecule has 0 spiro atoms. The Balaban J connectivity index is 2.11. The maximum atomic E-state index is 14.8. The van der Waals surface area contributed by atoms with Crippen LogP contribution in [0.25, 0.3) is 0 Å². The Hall–Kier alpha value is -4.33. The van der Waals surface area contributed by atoms with Crippen LogP contribution in [0.2, 0.25) is 0 Å². The number of benzene rings is 3. The second-order valence-corrected chi connectivity index (χ2v) is 13.1. The zero-order valence-electron chi connectivity index (χ0n) is 28.5. The molecule has 8 heteroatoms. The van der Waals surface area contributed by atoms with Crippen LogP contribution in [0, 0.1) is 20.8 Å². The Morgan fingerprint density at radius 1 is 0.870 bits per heavy atom. The van der Waals surface area contributed by atoms with Crippen LogP contribution in [0.5, 0.6) is 5.75 Å². The Bertz CT molecular complexity index is 1460. The van der Waals surface area contributed by atoms with Crippen LogP contribution in [0.1, 0.15) is 93.7 Å². The summed E-state index contributed by atoms with van der Waals surface area (Å²) in [7, 11) is 0. The molecule has 8 nitrogen and oxygen atoms in total. The van der Waals surface area contributed by atoms with Crippen molar-refractivity contribution in [1.82, 2.24) is 10.2 Å². The van der Waals surface area contributed by atoms with Crippen LogP contribution in [0.3, 0.4) is 0 Å². The molecule has 0 aliphatic rings. The predicted molar refractivity (Wildman–Crippen MR) is 184 cm³/mol. The lowest BCUT2D eigenvalue weighted by atomic mass is 9.95. The van der Waals surface area contributed by atoms with Gasteiger partial charge in [-0.1, -0.05) is 86.7 Å². The Labute approximate surface area is 274 Å². The Morgan fingerprint density at radius 3 is 2.17 bits per heavy atom. The number of ether oxygens (including phenoxy) is 1. The molecule has 0 fully saturated rings. The van der Waals surface area contributed by atoms with E-state index >= 15 is 0 Å². The van der Waals surface area contributed by atoms with E-state index in [1.165, 1.54) is 0 Å². The van der Waals surface area contributed by atoms with Crippen LogP contribution in [-0.2, 0) is 20.7 Å². The highest BCUT2D eigenvalue weighted by Gasteiger charge is 2.37. The van der Waals surface area contributed by atoms with Gasteiger partial charge in [-0.25, -0.2) is 4.79 Å². The third-order valence-corrected chi connectivity index (χ3v) is 7.83. The van der Waals surface area contributed by atoms with Crippen molar-refractivity contribution in [3.63, 3.8) is 0 Å². The summed E-state index contributed by atoms with van der Waals surface area (Å²) >= 11 is 0. The van der Waals surface area contributed by atoms with Gasteiger partial charge in [0.15, 0.2) is 0 Å². The number of aromatic hydroxyl groups is 1. The summed E-state index contributed by atoms with van der Waals surface area (Å²) in [4.78, 5) is 43.9. The highest BCUT2D eigenvalue weighted by atomic mass is 16.6. The number of unbranched alkanes of at least 4 members (excludes halogenated alkanes) is 4. The van der Waals surface area contributed by atoms with Crippen molar-refractivity contribution in [1.29, 1.82) is 0 Å². The molecular formula is C38H51N3O5. The van der Waals surface area contributed by atoms with Crippen molar-refractivity contribution < 1.29 is 24.2 Å². The second kappa shape index (κ2) is 16.8. The molecule has 0 heterocycles. The summed E-state index contributed by atoms with van der Waals surface area (Å²) in [6, 6.07) is 18.0. The summed E-state index contributed by atoms with van der Waals surface area (Å²) in [5.74, 6) is -0.619. The molecule has 3 N–H and O–H groups in total. The number of anilines is 1. The maximum absolute atomic E-state index is 14.8. The SMILES string of the molecule is CCCCCCCN(C(=O)C(Cc1ccc(O)cc1)NC(=O)OC(C)(C)C)C(C(=O)Nc1ccccc1C)c1ccc(C)cc1C. The van der Waals surface area contributed by atoms with Gasteiger partial charge in [-0.05, 0) is 88.4 Å². The standard InChI is InChI=1S/C38H51N3O5/c1-8-9-10-11-14-23-41(36(44)33(40-37(45)46-38(5,6)7)25-29-18-20-30(42)21-19-29)34(31-22-17-26(2)24-28(31)4)35(43)39-32-16-13-12-15-27(32)3/h12-13,15-22,24,33-34,42H,8-11,14,23,25H2,1-7H3,(H,39,43)(H,40,45). The van der Waals surface area contributed by atoms with Gasteiger partial charge >= 0.3 is 6.09 Å². The van der Waals surface area contributed by atoms with Gasteiger partial charge in [0.1, 0.15) is 23.4 Å². The predicted octanol–water partition coefficient (Wildman–Crippen LogP) is 7.93. The Morgan fingerprint density at radius 2 is 1.54 bits per heavy atom. The quantitative estimate of drug-likeness (QED) is 0.157. The van der Waals surface area contributed by atoms with Crippen LogP contribution >= 0.6 is 0 Å². The molecule has 46 heavy (non-hydrogen) atoms. The topological polar surface area (TPSA) is 108 Å². The number of hydrogen-bond acceptors (Lipinski definition) is 5. The number of amides is 3. The van der Waals surface area contributed by atoms with Crippen LogP contribution in [-0.4, -0.2) is 46.1 Å². The lowest BCUT2D eigenvalue weighted by molar-refractivity contribution is -0.140. The molecule has 0 aliphatic carbocycles. The highest BCUT2D eigenvalue weighted by Crippen LogP contribution is 2.29. The minimum atomic E-state index is -1.03. The summed E-state index contributed by atoms with van der Waals surface area (Å²) < 4.78 is 5.56. The van der Waals surface area contributed by atoms with Gasteiger partial charge in [0.05, 0.1) is 0 Å². The van der Waals surface area contributed by atoms with Gasteiger partial charge in [0.25, 0.3) is 5.91 Å². The normalized spacial score (nSPS) is 12.6.